The molecule has 0 bridgehead atoms. The molecule has 1 aromatic rings. The van der Waals surface area contributed by atoms with Crippen molar-refractivity contribution in [2.24, 2.45) is 0 Å². The Morgan fingerprint density at radius 1 is 1.20 bits per heavy atom. The van der Waals surface area contributed by atoms with E-state index in [4.69, 9.17) is 9.84 Å². The number of ether oxygens (including phenoxy) is 1. The van der Waals surface area contributed by atoms with E-state index in [0.717, 1.165) is 10.0 Å². The predicted molar refractivity (Wildman–Crippen MR) is 71.3 cm³/mol. The van der Waals surface area contributed by atoms with Crippen molar-refractivity contribution < 1.29 is 24.2 Å². The second kappa shape index (κ2) is 6.55. The van der Waals surface area contributed by atoms with Crippen LogP contribution in [0.2, 0.25) is 0 Å². The van der Waals surface area contributed by atoms with Crippen molar-refractivity contribution in [1.82, 2.24) is 5.01 Å². The molecule has 2 amide bonds. The van der Waals surface area contributed by atoms with E-state index in [1.807, 2.05) is 0 Å². The Morgan fingerprint density at radius 2 is 1.75 bits per heavy atom. The second-order valence-corrected chi connectivity index (χ2v) is 3.90. The summed E-state index contributed by atoms with van der Waals surface area (Å²) in [6.45, 7) is 3.21. The van der Waals surface area contributed by atoms with Gasteiger partial charge in [-0.15, -0.1) is 0 Å². The highest BCUT2D eigenvalue weighted by Gasteiger charge is 2.22. The summed E-state index contributed by atoms with van der Waals surface area (Å²) in [5.74, 6) is -0.914. The van der Waals surface area contributed by atoms with Gasteiger partial charge < -0.3 is 9.84 Å². The largest absolute Gasteiger partial charge is 0.463 e. The molecule has 0 spiro atoms. The van der Waals surface area contributed by atoms with E-state index in [1.165, 1.54) is 38.2 Å². The number of esters is 1. The van der Waals surface area contributed by atoms with Crippen LogP contribution in [0.3, 0.4) is 0 Å². The first-order chi connectivity index (χ1) is 9.38. The Balaban J connectivity index is 3.03. The molecular formula is C13H16N2O5. The van der Waals surface area contributed by atoms with Gasteiger partial charge in [0.05, 0.1) is 17.9 Å². The summed E-state index contributed by atoms with van der Waals surface area (Å²) in [6.07, 6.45) is -1.30. The van der Waals surface area contributed by atoms with Gasteiger partial charge >= 0.3 is 12.1 Å². The van der Waals surface area contributed by atoms with E-state index < -0.39 is 18.0 Å². The number of carboxylic acid groups (broad SMARTS) is 1. The van der Waals surface area contributed by atoms with Crippen molar-refractivity contribution in [2.75, 3.05) is 18.7 Å². The number of hydrogen-bond acceptors (Lipinski definition) is 4. The number of amides is 2. The highest BCUT2D eigenvalue weighted by atomic mass is 16.5. The standard InChI is InChI=1S/C13H16N2O5/c1-4-20-12(17)10-5-7-11(8-6-10)15(13(18)19)14(3)9(2)16/h5-8H,4H2,1-3H3,(H,18,19). The minimum absolute atomic E-state index is 0.253. The number of rotatable bonds is 3. The number of hydrogen-bond donors (Lipinski definition) is 1. The van der Waals surface area contributed by atoms with Gasteiger partial charge in [0.1, 0.15) is 0 Å². The monoisotopic (exact) mass is 280 g/mol. The van der Waals surface area contributed by atoms with Gasteiger partial charge in [-0.2, -0.15) is 5.01 Å². The quantitative estimate of drug-likeness (QED) is 0.673. The lowest BCUT2D eigenvalue weighted by atomic mass is 10.2. The molecule has 0 aliphatic carbocycles. The molecule has 0 atom stereocenters. The molecule has 0 aliphatic heterocycles. The van der Waals surface area contributed by atoms with Crippen molar-refractivity contribution in [3.05, 3.63) is 29.8 Å². The lowest BCUT2D eigenvalue weighted by Gasteiger charge is -2.28. The zero-order valence-corrected chi connectivity index (χ0v) is 11.5. The van der Waals surface area contributed by atoms with E-state index in [0.29, 0.717) is 5.56 Å². The van der Waals surface area contributed by atoms with Gasteiger partial charge in [0.25, 0.3) is 0 Å². The zero-order valence-electron chi connectivity index (χ0n) is 11.5. The van der Waals surface area contributed by atoms with Crippen LogP contribution in [0.5, 0.6) is 0 Å². The van der Waals surface area contributed by atoms with Gasteiger partial charge in [-0.05, 0) is 31.2 Å². The first-order valence-electron chi connectivity index (χ1n) is 5.93. The third-order valence-electron chi connectivity index (χ3n) is 2.56. The van der Waals surface area contributed by atoms with Gasteiger partial charge in [0.2, 0.25) is 5.91 Å². The van der Waals surface area contributed by atoms with Crippen LogP contribution in [0.25, 0.3) is 0 Å². The smallest absolute Gasteiger partial charge is 0.431 e. The summed E-state index contributed by atoms with van der Waals surface area (Å²) in [5, 5.41) is 10.9. The number of benzene rings is 1. The number of carbonyl (C=O) groups excluding carboxylic acids is 2. The summed E-state index contributed by atoms with van der Waals surface area (Å²) in [4.78, 5) is 34.0. The Labute approximate surface area is 116 Å². The number of hydrazine groups is 1. The Morgan fingerprint density at radius 3 is 2.15 bits per heavy atom. The van der Waals surface area contributed by atoms with Crippen LogP contribution in [-0.2, 0) is 9.53 Å². The predicted octanol–water partition coefficient (Wildman–Crippen LogP) is 1.74. The summed E-state index contributed by atoms with van der Waals surface area (Å²) in [7, 11) is 1.34. The molecule has 0 fully saturated rings. The van der Waals surface area contributed by atoms with Crippen LogP contribution < -0.4 is 5.01 Å². The van der Waals surface area contributed by atoms with Crippen LogP contribution >= 0.6 is 0 Å². The van der Waals surface area contributed by atoms with E-state index in [1.54, 1.807) is 6.92 Å². The molecule has 0 unspecified atom stereocenters. The van der Waals surface area contributed by atoms with Crippen LogP contribution in [0.1, 0.15) is 24.2 Å². The van der Waals surface area contributed by atoms with Gasteiger partial charge in [-0.25, -0.2) is 14.6 Å². The maximum Gasteiger partial charge on any atom is 0.431 e. The molecule has 0 radical (unpaired) electrons. The van der Waals surface area contributed by atoms with Crippen molar-refractivity contribution in [1.29, 1.82) is 0 Å². The molecule has 1 rings (SSSR count). The van der Waals surface area contributed by atoms with Crippen molar-refractivity contribution in [3.8, 4) is 0 Å². The van der Waals surface area contributed by atoms with Crippen molar-refractivity contribution in [2.45, 2.75) is 13.8 Å². The average Bonchev–Trinajstić information content (AvgIpc) is 2.39. The molecule has 0 aromatic heterocycles. The first-order valence-corrected chi connectivity index (χ1v) is 5.93. The molecule has 0 saturated carbocycles. The topological polar surface area (TPSA) is 87.2 Å². The SMILES string of the molecule is CCOC(=O)c1ccc(N(C(=O)O)N(C)C(C)=O)cc1. The first kappa shape index (κ1) is 15.5. The maximum absolute atomic E-state index is 11.5. The number of nitrogens with zero attached hydrogens (tertiary/aromatic N) is 2. The fourth-order valence-electron chi connectivity index (χ4n) is 1.51. The average molecular weight is 280 g/mol. The molecule has 1 aromatic carbocycles. The van der Waals surface area contributed by atoms with E-state index in [9.17, 15) is 14.4 Å². The maximum atomic E-state index is 11.5. The Bertz CT molecular complexity index is 512. The van der Waals surface area contributed by atoms with Gasteiger partial charge in [-0.3, -0.25) is 4.79 Å². The van der Waals surface area contributed by atoms with E-state index in [2.05, 4.69) is 0 Å². The molecule has 108 valence electrons. The molecule has 7 nitrogen and oxygen atoms in total. The molecule has 1 N–H and O–H groups in total. The number of carbonyl (C=O) groups is 3. The van der Waals surface area contributed by atoms with Gasteiger partial charge in [0.15, 0.2) is 0 Å². The fraction of sp³-hybridized carbons (Fsp3) is 0.308. The lowest BCUT2D eigenvalue weighted by Crippen LogP contribution is -2.46. The minimum atomic E-state index is -1.30. The lowest BCUT2D eigenvalue weighted by molar-refractivity contribution is -0.127. The van der Waals surface area contributed by atoms with E-state index in [-0.39, 0.29) is 12.3 Å². The highest BCUT2D eigenvalue weighted by molar-refractivity contribution is 5.92. The van der Waals surface area contributed by atoms with Gasteiger partial charge in [-0.1, -0.05) is 0 Å². The van der Waals surface area contributed by atoms with Gasteiger partial charge in [0, 0.05) is 14.0 Å². The molecule has 7 heteroatoms. The van der Waals surface area contributed by atoms with Crippen LogP contribution in [-0.4, -0.2) is 41.7 Å². The second-order valence-electron chi connectivity index (χ2n) is 3.90. The number of anilines is 1. The van der Waals surface area contributed by atoms with E-state index >= 15 is 0 Å². The van der Waals surface area contributed by atoms with Crippen molar-refractivity contribution in [3.63, 3.8) is 0 Å². The molecule has 0 aliphatic rings. The Hall–Kier alpha value is -2.57. The molecular weight excluding hydrogens is 264 g/mol. The summed E-state index contributed by atoms with van der Waals surface area (Å²) in [6, 6.07) is 5.74. The fourth-order valence-corrected chi connectivity index (χ4v) is 1.51. The molecule has 0 heterocycles. The van der Waals surface area contributed by atoms with Crippen molar-refractivity contribution >= 4 is 23.7 Å². The third kappa shape index (κ3) is 3.47. The highest BCUT2D eigenvalue weighted by Crippen LogP contribution is 2.18. The van der Waals surface area contributed by atoms with Crippen LogP contribution in [0.4, 0.5) is 10.5 Å². The Kier molecular flexibility index (Phi) is 5.08. The zero-order chi connectivity index (χ0) is 15.3. The minimum Gasteiger partial charge on any atom is -0.463 e. The van der Waals surface area contributed by atoms with Crippen LogP contribution in [0.15, 0.2) is 24.3 Å². The molecule has 20 heavy (non-hydrogen) atoms. The molecule has 0 saturated heterocycles. The summed E-state index contributed by atoms with van der Waals surface area (Å²) >= 11 is 0. The third-order valence-corrected chi connectivity index (χ3v) is 2.56. The summed E-state index contributed by atoms with van der Waals surface area (Å²) < 4.78 is 4.83. The van der Waals surface area contributed by atoms with Crippen LogP contribution in [0, 0.1) is 0 Å². The summed E-state index contributed by atoms with van der Waals surface area (Å²) in [5.41, 5.74) is 0.565. The normalized spacial score (nSPS) is 9.75.